The van der Waals surface area contributed by atoms with E-state index in [-0.39, 0.29) is 12.3 Å². The molecule has 0 aromatic rings. The second-order valence-electron chi connectivity index (χ2n) is 4.57. The lowest BCUT2D eigenvalue weighted by molar-refractivity contribution is -0.139. The normalized spacial score (nSPS) is 20.5. The fraction of sp³-hybridized carbons (Fsp3) is 0.909. The van der Waals surface area contributed by atoms with E-state index in [0.29, 0.717) is 5.92 Å². The van der Waals surface area contributed by atoms with Crippen LogP contribution in [0.1, 0.15) is 19.3 Å². The zero-order chi connectivity index (χ0) is 11.3. The molecule has 0 spiro atoms. The smallest absolute Gasteiger partial charge is 0.303 e. The van der Waals surface area contributed by atoms with Crippen LogP contribution in [0, 0.1) is 11.8 Å². The van der Waals surface area contributed by atoms with Gasteiger partial charge in [-0.1, -0.05) is 0 Å². The van der Waals surface area contributed by atoms with Crippen molar-refractivity contribution in [2.24, 2.45) is 11.8 Å². The molecule has 1 rings (SSSR count). The Morgan fingerprint density at radius 2 is 2.07 bits per heavy atom. The minimum atomic E-state index is -0.687. The standard InChI is InChI=1S/C11H21NO3/c1-12(2)8-10(7-11(13)14)9-3-5-15-6-4-9/h9-10H,3-8H2,1-2H3,(H,13,14). The highest BCUT2D eigenvalue weighted by molar-refractivity contribution is 5.67. The molecule has 1 unspecified atom stereocenters. The number of aliphatic carboxylic acids is 1. The molecule has 1 aliphatic rings. The molecule has 1 aliphatic heterocycles. The van der Waals surface area contributed by atoms with E-state index in [2.05, 4.69) is 4.90 Å². The largest absolute Gasteiger partial charge is 0.481 e. The van der Waals surface area contributed by atoms with Gasteiger partial charge in [0.2, 0.25) is 0 Å². The summed E-state index contributed by atoms with van der Waals surface area (Å²) >= 11 is 0. The van der Waals surface area contributed by atoms with Gasteiger partial charge in [0.05, 0.1) is 0 Å². The highest BCUT2D eigenvalue weighted by Crippen LogP contribution is 2.26. The van der Waals surface area contributed by atoms with Crippen LogP contribution in [0.5, 0.6) is 0 Å². The van der Waals surface area contributed by atoms with Crippen molar-refractivity contribution >= 4 is 5.97 Å². The van der Waals surface area contributed by atoms with Crippen molar-refractivity contribution in [1.29, 1.82) is 0 Å². The topological polar surface area (TPSA) is 49.8 Å². The molecule has 4 nitrogen and oxygen atoms in total. The van der Waals surface area contributed by atoms with E-state index >= 15 is 0 Å². The molecular weight excluding hydrogens is 194 g/mol. The molecule has 0 radical (unpaired) electrons. The number of ether oxygens (including phenoxy) is 1. The molecule has 15 heavy (non-hydrogen) atoms. The molecule has 1 saturated heterocycles. The van der Waals surface area contributed by atoms with Crippen LogP contribution in [0.25, 0.3) is 0 Å². The maximum Gasteiger partial charge on any atom is 0.303 e. The van der Waals surface area contributed by atoms with E-state index in [0.717, 1.165) is 32.6 Å². The quantitative estimate of drug-likeness (QED) is 0.745. The first-order chi connectivity index (χ1) is 7.09. The summed E-state index contributed by atoms with van der Waals surface area (Å²) in [6, 6.07) is 0. The number of carboxylic acids is 1. The second kappa shape index (κ2) is 6.08. The van der Waals surface area contributed by atoms with Crippen molar-refractivity contribution in [2.45, 2.75) is 19.3 Å². The number of rotatable bonds is 5. The lowest BCUT2D eigenvalue weighted by atomic mass is 9.83. The first kappa shape index (κ1) is 12.5. The number of hydrogen-bond donors (Lipinski definition) is 1. The third-order valence-corrected chi connectivity index (χ3v) is 2.97. The summed E-state index contributed by atoms with van der Waals surface area (Å²) in [5.41, 5.74) is 0. The average molecular weight is 215 g/mol. The Bertz CT molecular complexity index is 200. The van der Waals surface area contributed by atoms with Gasteiger partial charge in [0.1, 0.15) is 0 Å². The van der Waals surface area contributed by atoms with E-state index in [1.165, 1.54) is 0 Å². The van der Waals surface area contributed by atoms with Gasteiger partial charge in [-0.25, -0.2) is 0 Å². The monoisotopic (exact) mass is 215 g/mol. The van der Waals surface area contributed by atoms with Crippen LogP contribution in [0.2, 0.25) is 0 Å². The predicted molar refractivity (Wildman–Crippen MR) is 57.8 cm³/mol. The van der Waals surface area contributed by atoms with Crippen molar-refractivity contribution in [1.82, 2.24) is 4.90 Å². The lowest BCUT2D eigenvalue weighted by Gasteiger charge is -2.31. The minimum absolute atomic E-state index is 0.265. The first-order valence-corrected chi connectivity index (χ1v) is 5.54. The van der Waals surface area contributed by atoms with Crippen molar-refractivity contribution in [2.75, 3.05) is 33.9 Å². The van der Waals surface area contributed by atoms with Crippen LogP contribution in [0.4, 0.5) is 0 Å². The Balaban J connectivity index is 2.48. The maximum absolute atomic E-state index is 10.8. The van der Waals surface area contributed by atoms with Gasteiger partial charge in [0.25, 0.3) is 0 Å². The first-order valence-electron chi connectivity index (χ1n) is 5.54. The fourth-order valence-corrected chi connectivity index (χ4v) is 2.26. The van der Waals surface area contributed by atoms with Crippen LogP contribution in [0.15, 0.2) is 0 Å². The fourth-order valence-electron chi connectivity index (χ4n) is 2.26. The average Bonchev–Trinajstić information content (AvgIpc) is 2.17. The molecule has 0 bridgehead atoms. The Labute approximate surface area is 91.2 Å². The summed E-state index contributed by atoms with van der Waals surface area (Å²) in [6.45, 7) is 2.43. The molecule has 0 amide bonds. The molecular formula is C11H21NO3. The minimum Gasteiger partial charge on any atom is -0.481 e. The SMILES string of the molecule is CN(C)CC(CC(=O)O)C1CCOCC1. The van der Waals surface area contributed by atoms with Crippen LogP contribution in [-0.2, 0) is 9.53 Å². The van der Waals surface area contributed by atoms with E-state index in [1.807, 2.05) is 14.1 Å². The van der Waals surface area contributed by atoms with Gasteiger partial charge in [0.15, 0.2) is 0 Å². The summed E-state index contributed by atoms with van der Waals surface area (Å²) in [4.78, 5) is 12.9. The van der Waals surface area contributed by atoms with E-state index < -0.39 is 5.97 Å². The number of hydrogen-bond acceptors (Lipinski definition) is 3. The summed E-state index contributed by atoms with van der Waals surface area (Å²) in [7, 11) is 3.99. The number of nitrogens with zero attached hydrogens (tertiary/aromatic N) is 1. The molecule has 0 aromatic heterocycles. The van der Waals surface area contributed by atoms with Crippen LogP contribution < -0.4 is 0 Å². The van der Waals surface area contributed by atoms with Gasteiger partial charge in [0, 0.05) is 26.2 Å². The Kier molecular flexibility index (Phi) is 5.05. The highest BCUT2D eigenvalue weighted by atomic mass is 16.5. The molecule has 0 aromatic carbocycles. The zero-order valence-electron chi connectivity index (χ0n) is 9.61. The molecule has 1 atom stereocenters. The zero-order valence-corrected chi connectivity index (χ0v) is 9.61. The second-order valence-corrected chi connectivity index (χ2v) is 4.57. The van der Waals surface area contributed by atoms with Crippen LogP contribution in [0.3, 0.4) is 0 Å². The summed E-state index contributed by atoms with van der Waals surface area (Å²) in [6.07, 6.45) is 2.29. The molecule has 0 saturated carbocycles. The van der Waals surface area contributed by atoms with Gasteiger partial charge in [-0.15, -0.1) is 0 Å². The van der Waals surface area contributed by atoms with Crippen LogP contribution >= 0.6 is 0 Å². The molecule has 4 heteroatoms. The molecule has 0 aliphatic carbocycles. The number of carboxylic acid groups (broad SMARTS) is 1. The van der Waals surface area contributed by atoms with Crippen molar-refractivity contribution in [3.63, 3.8) is 0 Å². The third-order valence-electron chi connectivity index (χ3n) is 2.97. The molecule has 1 heterocycles. The molecule has 1 fully saturated rings. The summed E-state index contributed by atoms with van der Waals surface area (Å²) in [5.74, 6) is 0.0898. The van der Waals surface area contributed by atoms with Crippen molar-refractivity contribution in [3.05, 3.63) is 0 Å². The maximum atomic E-state index is 10.8. The predicted octanol–water partition coefficient (Wildman–Crippen LogP) is 1.07. The van der Waals surface area contributed by atoms with Crippen molar-refractivity contribution in [3.8, 4) is 0 Å². The van der Waals surface area contributed by atoms with Gasteiger partial charge in [-0.2, -0.15) is 0 Å². The molecule has 1 N–H and O–H groups in total. The number of carbonyl (C=O) groups is 1. The van der Waals surface area contributed by atoms with Gasteiger partial charge < -0.3 is 14.7 Å². The highest BCUT2D eigenvalue weighted by Gasteiger charge is 2.26. The van der Waals surface area contributed by atoms with Gasteiger partial charge in [-0.3, -0.25) is 4.79 Å². The van der Waals surface area contributed by atoms with E-state index in [1.54, 1.807) is 0 Å². The van der Waals surface area contributed by atoms with Gasteiger partial charge >= 0.3 is 5.97 Å². The van der Waals surface area contributed by atoms with Crippen molar-refractivity contribution < 1.29 is 14.6 Å². The van der Waals surface area contributed by atoms with Gasteiger partial charge in [-0.05, 0) is 38.8 Å². The van der Waals surface area contributed by atoms with E-state index in [4.69, 9.17) is 9.84 Å². The van der Waals surface area contributed by atoms with E-state index in [9.17, 15) is 4.79 Å². The summed E-state index contributed by atoms with van der Waals surface area (Å²) in [5, 5.41) is 8.88. The Morgan fingerprint density at radius 1 is 1.47 bits per heavy atom. The lowest BCUT2D eigenvalue weighted by Crippen LogP contribution is -2.32. The summed E-state index contributed by atoms with van der Waals surface area (Å²) < 4.78 is 5.30. The third kappa shape index (κ3) is 4.62. The Morgan fingerprint density at radius 3 is 2.53 bits per heavy atom. The van der Waals surface area contributed by atoms with Crippen LogP contribution in [-0.4, -0.2) is 49.8 Å². The Hall–Kier alpha value is -0.610. The molecule has 88 valence electrons.